The minimum Gasteiger partial charge on any atom is -0.341 e. The Morgan fingerprint density at radius 3 is 2.55 bits per heavy atom. The first kappa shape index (κ1) is 21.4. The van der Waals surface area contributed by atoms with E-state index in [2.05, 4.69) is 4.90 Å². The molecule has 2 aliphatic rings. The summed E-state index contributed by atoms with van der Waals surface area (Å²) in [5.74, 6) is -2.82. The highest BCUT2D eigenvalue weighted by Gasteiger charge is 2.38. The van der Waals surface area contributed by atoms with Gasteiger partial charge in [-0.1, -0.05) is 18.2 Å². The molecule has 31 heavy (non-hydrogen) atoms. The second kappa shape index (κ2) is 9.09. The first-order chi connectivity index (χ1) is 14.9. The molecule has 2 aromatic rings. The topological polar surface area (TPSA) is 43.9 Å². The Bertz CT molecular complexity index is 984. The van der Waals surface area contributed by atoms with Gasteiger partial charge in [0.25, 0.3) is 0 Å². The molecule has 0 radical (unpaired) electrons. The van der Waals surface area contributed by atoms with Gasteiger partial charge in [-0.2, -0.15) is 0 Å². The third-order valence-corrected chi connectivity index (χ3v) is 5.93. The molecule has 2 amide bonds. The third kappa shape index (κ3) is 4.74. The Balaban J connectivity index is 1.37. The second-order valence-electron chi connectivity index (χ2n) is 8.05. The van der Waals surface area contributed by atoms with Crippen molar-refractivity contribution in [2.75, 3.05) is 37.6 Å². The zero-order valence-corrected chi connectivity index (χ0v) is 17.1. The maximum absolute atomic E-state index is 14.1. The molecule has 2 heterocycles. The van der Waals surface area contributed by atoms with E-state index in [0.717, 1.165) is 25.1 Å². The minimum atomic E-state index is -0.819. The molecule has 2 aliphatic heterocycles. The van der Waals surface area contributed by atoms with Crippen LogP contribution in [0.1, 0.15) is 18.4 Å². The average Bonchev–Trinajstić information content (AvgIpc) is 2.97. The molecule has 0 N–H and O–H groups in total. The van der Waals surface area contributed by atoms with Crippen LogP contribution >= 0.6 is 0 Å². The Morgan fingerprint density at radius 1 is 0.968 bits per heavy atom. The molecule has 2 aromatic carbocycles. The smallest absolute Gasteiger partial charge is 0.228 e. The fourth-order valence-electron chi connectivity index (χ4n) is 4.28. The van der Waals surface area contributed by atoms with Gasteiger partial charge in [0.05, 0.1) is 11.6 Å². The summed E-state index contributed by atoms with van der Waals surface area (Å²) in [7, 11) is 0. The summed E-state index contributed by atoms with van der Waals surface area (Å²) in [6.07, 6.45) is 0.752. The van der Waals surface area contributed by atoms with Crippen molar-refractivity contribution in [1.82, 2.24) is 9.80 Å². The van der Waals surface area contributed by atoms with Crippen molar-refractivity contribution in [3.8, 4) is 0 Å². The van der Waals surface area contributed by atoms with E-state index in [1.54, 1.807) is 23.1 Å². The molecule has 0 saturated carbocycles. The molecule has 5 nitrogen and oxygen atoms in total. The van der Waals surface area contributed by atoms with Crippen molar-refractivity contribution < 1.29 is 22.8 Å². The summed E-state index contributed by atoms with van der Waals surface area (Å²) in [5.41, 5.74) is 0.620. The molecule has 164 valence electrons. The van der Waals surface area contributed by atoms with Crippen LogP contribution in [0.25, 0.3) is 0 Å². The molecular formula is C23H24F3N3O2. The lowest BCUT2D eigenvalue weighted by atomic mass is 10.1. The van der Waals surface area contributed by atoms with Gasteiger partial charge in [-0.3, -0.25) is 14.5 Å². The number of hydrogen-bond donors (Lipinski definition) is 0. The SMILES string of the molecule is O=C(C1CC(=O)N(c2ccc(F)cc2F)C1)N1CCCN(Cc2ccccc2F)CC1. The number of carbonyl (C=O) groups excluding carboxylic acids is 2. The van der Waals surface area contributed by atoms with Crippen molar-refractivity contribution in [3.63, 3.8) is 0 Å². The van der Waals surface area contributed by atoms with Gasteiger partial charge in [-0.15, -0.1) is 0 Å². The van der Waals surface area contributed by atoms with E-state index in [4.69, 9.17) is 0 Å². The van der Waals surface area contributed by atoms with Crippen LogP contribution in [0.15, 0.2) is 42.5 Å². The number of amides is 2. The van der Waals surface area contributed by atoms with Crippen LogP contribution in [0.5, 0.6) is 0 Å². The van der Waals surface area contributed by atoms with Crippen LogP contribution < -0.4 is 4.90 Å². The molecule has 2 fully saturated rings. The highest BCUT2D eigenvalue weighted by molar-refractivity contribution is 6.00. The van der Waals surface area contributed by atoms with E-state index >= 15 is 0 Å². The summed E-state index contributed by atoms with van der Waals surface area (Å²) in [6, 6.07) is 9.72. The van der Waals surface area contributed by atoms with Crippen molar-refractivity contribution in [3.05, 3.63) is 65.5 Å². The summed E-state index contributed by atoms with van der Waals surface area (Å²) in [5, 5.41) is 0. The molecule has 0 spiro atoms. The normalized spacial score (nSPS) is 20.2. The molecular weight excluding hydrogens is 407 g/mol. The lowest BCUT2D eigenvalue weighted by molar-refractivity contribution is -0.135. The highest BCUT2D eigenvalue weighted by atomic mass is 19.1. The van der Waals surface area contributed by atoms with Crippen molar-refractivity contribution >= 4 is 17.5 Å². The van der Waals surface area contributed by atoms with E-state index in [-0.39, 0.29) is 36.3 Å². The Hall–Kier alpha value is -2.87. The van der Waals surface area contributed by atoms with E-state index in [1.807, 2.05) is 0 Å². The first-order valence-corrected chi connectivity index (χ1v) is 10.4. The quantitative estimate of drug-likeness (QED) is 0.747. The lowest BCUT2D eigenvalue weighted by Gasteiger charge is -2.25. The maximum Gasteiger partial charge on any atom is 0.228 e. The zero-order valence-electron chi connectivity index (χ0n) is 17.1. The summed E-state index contributed by atoms with van der Waals surface area (Å²) in [6.45, 7) is 2.96. The summed E-state index contributed by atoms with van der Waals surface area (Å²) in [4.78, 5) is 30.5. The molecule has 2 saturated heterocycles. The van der Waals surface area contributed by atoms with Gasteiger partial charge < -0.3 is 9.80 Å². The Labute approximate surface area is 179 Å². The third-order valence-electron chi connectivity index (χ3n) is 5.93. The molecule has 8 heteroatoms. The van der Waals surface area contributed by atoms with Crippen LogP contribution in [0.4, 0.5) is 18.9 Å². The van der Waals surface area contributed by atoms with Crippen LogP contribution in [-0.2, 0) is 16.1 Å². The van der Waals surface area contributed by atoms with Crippen molar-refractivity contribution in [2.45, 2.75) is 19.4 Å². The van der Waals surface area contributed by atoms with Crippen molar-refractivity contribution in [1.29, 1.82) is 0 Å². The van der Waals surface area contributed by atoms with E-state index in [1.165, 1.54) is 17.0 Å². The zero-order chi connectivity index (χ0) is 22.0. The van der Waals surface area contributed by atoms with Crippen LogP contribution in [-0.4, -0.2) is 54.3 Å². The average molecular weight is 431 g/mol. The Morgan fingerprint density at radius 2 is 1.77 bits per heavy atom. The van der Waals surface area contributed by atoms with Crippen LogP contribution in [0.3, 0.4) is 0 Å². The van der Waals surface area contributed by atoms with Gasteiger partial charge >= 0.3 is 0 Å². The first-order valence-electron chi connectivity index (χ1n) is 10.4. The number of hydrogen-bond acceptors (Lipinski definition) is 3. The number of nitrogens with zero attached hydrogens (tertiary/aromatic N) is 3. The molecule has 0 bridgehead atoms. The van der Waals surface area contributed by atoms with Gasteiger partial charge in [0.15, 0.2) is 0 Å². The van der Waals surface area contributed by atoms with Crippen molar-refractivity contribution in [2.24, 2.45) is 5.92 Å². The van der Waals surface area contributed by atoms with Gasteiger partial charge in [0, 0.05) is 57.3 Å². The Kier molecular flexibility index (Phi) is 6.27. The van der Waals surface area contributed by atoms with E-state index in [9.17, 15) is 22.8 Å². The monoisotopic (exact) mass is 431 g/mol. The maximum atomic E-state index is 14.1. The molecule has 4 rings (SSSR count). The molecule has 1 atom stereocenters. The van der Waals surface area contributed by atoms with Crippen LogP contribution in [0.2, 0.25) is 0 Å². The highest BCUT2D eigenvalue weighted by Crippen LogP contribution is 2.29. The number of anilines is 1. The summed E-state index contributed by atoms with van der Waals surface area (Å²) >= 11 is 0. The van der Waals surface area contributed by atoms with Gasteiger partial charge in [-0.05, 0) is 24.6 Å². The van der Waals surface area contributed by atoms with Crippen LogP contribution in [0, 0.1) is 23.4 Å². The predicted octanol–water partition coefficient (Wildman–Crippen LogP) is 3.19. The predicted molar refractivity (Wildman–Crippen MR) is 110 cm³/mol. The standard InChI is InChI=1S/C23H24F3N3O2/c24-18-6-7-21(20(26)13-18)29-15-17(12-22(29)30)23(31)28-9-3-8-27(10-11-28)14-16-4-1-2-5-19(16)25/h1-2,4-7,13,17H,3,8-12,14-15H2. The number of carbonyl (C=O) groups is 2. The molecule has 0 aromatic heterocycles. The fraction of sp³-hybridized carbons (Fsp3) is 0.391. The molecule has 1 unspecified atom stereocenters. The minimum absolute atomic E-state index is 0.00505. The van der Waals surface area contributed by atoms with E-state index < -0.39 is 17.6 Å². The van der Waals surface area contributed by atoms with Gasteiger partial charge in [0.2, 0.25) is 11.8 Å². The summed E-state index contributed by atoms with van der Waals surface area (Å²) < 4.78 is 41.2. The number of rotatable bonds is 4. The van der Waals surface area contributed by atoms with E-state index in [0.29, 0.717) is 31.7 Å². The fourth-order valence-corrected chi connectivity index (χ4v) is 4.28. The number of halogens is 3. The van der Waals surface area contributed by atoms with Gasteiger partial charge in [-0.25, -0.2) is 13.2 Å². The van der Waals surface area contributed by atoms with Gasteiger partial charge in [0.1, 0.15) is 17.5 Å². The number of benzene rings is 2. The second-order valence-corrected chi connectivity index (χ2v) is 8.05. The lowest BCUT2D eigenvalue weighted by Crippen LogP contribution is -2.40. The molecule has 0 aliphatic carbocycles. The largest absolute Gasteiger partial charge is 0.341 e.